The molecule has 3 aromatic rings. The third-order valence-corrected chi connectivity index (χ3v) is 4.71. The predicted octanol–water partition coefficient (Wildman–Crippen LogP) is 5.22. The molecule has 3 nitrogen and oxygen atoms in total. The maximum Gasteiger partial charge on any atom is 0.416 e. The first-order chi connectivity index (χ1) is 12.9. The third kappa shape index (κ3) is 2.72. The lowest BCUT2D eigenvalue weighted by Gasteiger charge is -2.15. The van der Waals surface area contributed by atoms with E-state index in [1.807, 2.05) is 24.3 Å². The van der Waals surface area contributed by atoms with Gasteiger partial charge in [0.1, 0.15) is 11.6 Å². The second-order valence-corrected chi connectivity index (χ2v) is 6.22. The zero-order valence-electron chi connectivity index (χ0n) is 14.3. The number of alkyl halides is 3. The Bertz CT molecular complexity index is 1080. The summed E-state index contributed by atoms with van der Waals surface area (Å²) in [7, 11) is 1.42. The van der Waals surface area contributed by atoms with Crippen LogP contribution in [0, 0.1) is 11.3 Å². The summed E-state index contributed by atoms with van der Waals surface area (Å²) in [6.07, 6.45) is -3.85. The average Bonchev–Trinajstić information content (AvgIpc) is 3.04. The highest BCUT2D eigenvalue weighted by Gasteiger charge is 2.31. The van der Waals surface area contributed by atoms with Crippen LogP contribution in [-0.2, 0) is 12.6 Å². The van der Waals surface area contributed by atoms with E-state index >= 15 is 0 Å². The van der Waals surface area contributed by atoms with Gasteiger partial charge in [-0.3, -0.25) is 0 Å². The van der Waals surface area contributed by atoms with Crippen molar-refractivity contribution < 1.29 is 17.9 Å². The number of methoxy groups -OCH3 is 1. The van der Waals surface area contributed by atoms with Crippen LogP contribution in [0.15, 0.2) is 48.5 Å². The maximum absolute atomic E-state index is 12.9. The molecular weight excluding hydrogens is 353 g/mol. The lowest BCUT2D eigenvalue weighted by atomic mass is 9.93. The van der Waals surface area contributed by atoms with E-state index in [4.69, 9.17) is 4.74 Å². The number of benzene rings is 2. The van der Waals surface area contributed by atoms with Crippen molar-refractivity contribution in [2.24, 2.45) is 0 Å². The van der Waals surface area contributed by atoms with Gasteiger partial charge < -0.3 is 4.74 Å². The highest BCUT2D eigenvalue weighted by Crippen LogP contribution is 2.44. The SMILES string of the molecule is COc1nc2c(c(-c3ccc(C(F)(F)F)cc3)c1C#N)Cc1ccccc1-2. The molecule has 0 aliphatic heterocycles. The molecule has 0 saturated carbocycles. The van der Waals surface area contributed by atoms with Gasteiger partial charge in [-0.2, -0.15) is 18.4 Å². The summed E-state index contributed by atoms with van der Waals surface area (Å²) in [5.41, 5.74) is 4.14. The van der Waals surface area contributed by atoms with Crippen molar-refractivity contribution in [3.8, 4) is 34.3 Å². The third-order valence-electron chi connectivity index (χ3n) is 4.71. The predicted molar refractivity (Wildman–Crippen MR) is 94.2 cm³/mol. The molecule has 6 heteroatoms. The van der Waals surface area contributed by atoms with Gasteiger partial charge in [-0.25, -0.2) is 4.98 Å². The molecule has 2 aromatic carbocycles. The smallest absolute Gasteiger partial charge is 0.416 e. The second-order valence-electron chi connectivity index (χ2n) is 6.22. The molecular formula is C21H13F3N2O. The molecule has 134 valence electrons. The van der Waals surface area contributed by atoms with Gasteiger partial charge >= 0.3 is 6.18 Å². The number of aromatic nitrogens is 1. The first-order valence-electron chi connectivity index (χ1n) is 8.21. The number of hydrogen-bond acceptors (Lipinski definition) is 3. The van der Waals surface area contributed by atoms with Gasteiger partial charge in [-0.15, -0.1) is 0 Å². The summed E-state index contributed by atoms with van der Waals surface area (Å²) in [5.74, 6) is 0.169. The van der Waals surface area contributed by atoms with Crippen molar-refractivity contribution in [2.45, 2.75) is 12.6 Å². The van der Waals surface area contributed by atoms with Gasteiger partial charge in [-0.1, -0.05) is 36.4 Å². The van der Waals surface area contributed by atoms with Crippen LogP contribution in [-0.4, -0.2) is 12.1 Å². The number of nitriles is 1. The number of hydrogen-bond donors (Lipinski definition) is 0. The molecule has 1 aromatic heterocycles. The molecule has 0 unspecified atom stereocenters. The van der Waals surface area contributed by atoms with E-state index in [2.05, 4.69) is 11.1 Å². The molecule has 0 spiro atoms. The van der Waals surface area contributed by atoms with Crippen LogP contribution in [0.5, 0.6) is 5.88 Å². The summed E-state index contributed by atoms with van der Waals surface area (Å²) in [6, 6.07) is 14.7. The van der Waals surface area contributed by atoms with E-state index in [9.17, 15) is 18.4 Å². The number of fused-ring (bicyclic) bond motifs is 3. The van der Waals surface area contributed by atoms with Crippen LogP contribution in [0.4, 0.5) is 13.2 Å². The lowest BCUT2D eigenvalue weighted by molar-refractivity contribution is -0.137. The van der Waals surface area contributed by atoms with Crippen LogP contribution in [0.25, 0.3) is 22.4 Å². The van der Waals surface area contributed by atoms with Gasteiger partial charge in [0.05, 0.1) is 18.4 Å². The number of ether oxygens (including phenoxy) is 1. The Morgan fingerprint density at radius 1 is 1.07 bits per heavy atom. The fraction of sp³-hybridized carbons (Fsp3) is 0.143. The molecule has 0 saturated heterocycles. The van der Waals surface area contributed by atoms with E-state index in [0.717, 1.165) is 28.8 Å². The van der Waals surface area contributed by atoms with Crippen LogP contribution in [0.2, 0.25) is 0 Å². The Morgan fingerprint density at radius 2 is 1.78 bits per heavy atom. The summed E-state index contributed by atoms with van der Waals surface area (Å²) in [4.78, 5) is 4.50. The Labute approximate surface area is 153 Å². The Morgan fingerprint density at radius 3 is 2.41 bits per heavy atom. The van der Waals surface area contributed by atoms with Crippen LogP contribution < -0.4 is 4.74 Å². The average molecular weight is 366 g/mol. The van der Waals surface area contributed by atoms with E-state index in [1.165, 1.54) is 19.2 Å². The Hall–Kier alpha value is -3.33. The number of nitrogens with zero attached hydrogens (tertiary/aromatic N) is 2. The fourth-order valence-corrected chi connectivity index (χ4v) is 3.49. The van der Waals surface area contributed by atoms with E-state index in [1.54, 1.807) is 0 Å². The van der Waals surface area contributed by atoms with Crippen molar-refractivity contribution in [1.82, 2.24) is 4.98 Å². The van der Waals surface area contributed by atoms with Crippen molar-refractivity contribution in [3.05, 3.63) is 70.8 Å². The topological polar surface area (TPSA) is 45.9 Å². The first kappa shape index (κ1) is 17.1. The minimum Gasteiger partial charge on any atom is -0.480 e. The molecule has 0 bridgehead atoms. The summed E-state index contributed by atoms with van der Waals surface area (Å²) in [6.45, 7) is 0. The van der Waals surface area contributed by atoms with Crippen molar-refractivity contribution in [2.75, 3.05) is 7.11 Å². The van der Waals surface area contributed by atoms with E-state index < -0.39 is 11.7 Å². The standard InChI is InChI=1S/C21H13F3N2O/c1-27-20-17(11-25)18(12-6-8-14(9-7-12)21(22,23)24)16-10-13-4-2-3-5-15(13)19(16)26-20/h2-9H,10H2,1H3. The molecule has 0 N–H and O–H groups in total. The molecule has 27 heavy (non-hydrogen) atoms. The monoisotopic (exact) mass is 366 g/mol. The highest BCUT2D eigenvalue weighted by atomic mass is 19.4. The molecule has 0 atom stereocenters. The van der Waals surface area contributed by atoms with Gasteiger partial charge in [0.25, 0.3) is 0 Å². The minimum absolute atomic E-state index is 0.169. The van der Waals surface area contributed by atoms with Crippen molar-refractivity contribution >= 4 is 0 Å². The van der Waals surface area contributed by atoms with Crippen LogP contribution in [0.3, 0.4) is 0 Å². The van der Waals surface area contributed by atoms with Gasteiger partial charge in [-0.05, 0) is 28.8 Å². The summed E-state index contributed by atoms with van der Waals surface area (Å²) >= 11 is 0. The lowest BCUT2D eigenvalue weighted by Crippen LogP contribution is -2.05. The molecule has 0 amide bonds. The Kier molecular flexibility index (Phi) is 3.88. The normalized spacial score (nSPS) is 12.3. The van der Waals surface area contributed by atoms with E-state index in [-0.39, 0.29) is 11.4 Å². The Balaban J connectivity index is 1.97. The van der Waals surface area contributed by atoms with Crippen molar-refractivity contribution in [3.63, 3.8) is 0 Å². The van der Waals surface area contributed by atoms with Gasteiger partial charge in [0, 0.05) is 17.5 Å². The zero-order chi connectivity index (χ0) is 19.2. The zero-order valence-corrected chi connectivity index (χ0v) is 14.3. The molecule has 0 fully saturated rings. The van der Waals surface area contributed by atoms with Gasteiger partial charge in [0.2, 0.25) is 5.88 Å². The van der Waals surface area contributed by atoms with E-state index in [0.29, 0.717) is 23.2 Å². The first-order valence-corrected chi connectivity index (χ1v) is 8.21. The number of rotatable bonds is 2. The summed E-state index contributed by atoms with van der Waals surface area (Å²) < 4.78 is 44.0. The summed E-state index contributed by atoms with van der Waals surface area (Å²) in [5, 5.41) is 9.67. The minimum atomic E-state index is -4.41. The number of pyridine rings is 1. The molecule has 1 aliphatic rings. The van der Waals surface area contributed by atoms with Crippen LogP contribution in [0.1, 0.15) is 22.3 Å². The molecule has 1 aliphatic carbocycles. The largest absolute Gasteiger partial charge is 0.480 e. The van der Waals surface area contributed by atoms with Crippen LogP contribution >= 0.6 is 0 Å². The second kappa shape index (κ2) is 6.13. The molecule has 1 heterocycles. The fourth-order valence-electron chi connectivity index (χ4n) is 3.49. The number of halogens is 3. The maximum atomic E-state index is 12.9. The molecule has 4 rings (SSSR count). The highest BCUT2D eigenvalue weighted by molar-refractivity contribution is 5.86. The molecule has 0 radical (unpaired) electrons. The quantitative estimate of drug-likeness (QED) is 0.489. The van der Waals surface area contributed by atoms with Gasteiger partial charge in [0.15, 0.2) is 0 Å². The van der Waals surface area contributed by atoms with Crippen molar-refractivity contribution in [1.29, 1.82) is 5.26 Å².